The van der Waals surface area contributed by atoms with Crippen LogP contribution in [0.1, 0.15) is 32.1 Å². The molecule has 0 saturated carbocycles. The van der Waals surface area contributed by atoms with Crippen LogP contribution in [0.3, 0.4) is 0 Å². The van der Waals surface area contributed by atoms with Gasteiger partial charge in [-0.25, -0.2) is 4.79 Å². The molecule has 0 atom stereocenters. The normalized spacial score (nSPS) is 10.7. The van der Waals surface area contributed by atoms with Gasteiger partial charge in [0.15, 0.2) is 5.82 Å². The Morgan fingerprint density at radius 1 is 0.917 bits per heavy atom. The van der Waals surface area contributed by atoms with Crippen LogP contribution < -0.4 is 10.5 Å². The number of primary amides is 1. The number of benzene rings is 3. The number of nitrogens with two attached hydrogens (primary N) is 1. The van der Waals surface area contributed by atoms with Crippen molar-refractivity contribution >= 4 is 11.9 Å². The number of methoxy groups -OCH3 is 2. The molecule has 1 amide bonds. The summed E-state index contributed by atoms with van der Waals surface area (Å²) < 4.78 is 11.3. The predicted molar refractivity (Wildman–Crippen MR) is 130 cm³/mol. The molecule has 36 heavy (non-hydrogen) atoms. The topological polar surface area (TPSA) is 150 Å². The maximum atomic E-state index is 12.1. The summed E-state index contributed by atoms with van der Waals surface area (Å²) in [6, 6.07) is 16.6. The summed E-state index contributed by atoms with van der Waals surface area (Å²) >= 11 is 0. The Labute approximate surface area is 206 Å². The largest absolute Gasteiger partial charge is 0.508 e. The van der Waals surface area contributed by atoms with Crippen molar-refractivity contribution in [3.63, 3.8) is 0 Å². The first-order chi connectivity index (χ1) is 17.3. The molecule has 1 aromatic heterocycles. The van der Waals surface area contributed by atoms with Crippen molar-refractivity contribution in [1.82, 2.24) is 14.8 Å². The fourth-order valence-corrected chi connectivity index (χ4v) is 3.80. The van der Waals surface area contributed by atoms with Crippen LogP contribution in [0, 0.1) is 0 Å². The van der Waals surface area contributed by atoms with Gasteiger partial charge in [0, 0.05) is 11.8 Å². The van der Waals surface area contributed by atoms with Gasteiger partial charge in [0.2, 0.25) is 5.82 Å². The molecular formula is C26H24N4O6. The van der Waals surface area contributed by atoms with Crippen molar-refractivity contribution in [3.8, 4) is 34.3 Å². The number of carbonyl (C=O) groups excluding carboxylic acids is 2. The second kappa shape index (κ2) is 10.2. The highest BCUT2D eigenvalue weighted by molar-refractivity contribution is 5.91. The standard InChI is InChI=1S/C26H24N4O6/c1-35-19-11-9-18(10-12-19)30-24(28-29-25(30)23(27)33)20-13-17(21(31)14-22(20)32)8-5-15-3-6-16(7-4-15)26(34)36-2/h3-4,6-7,9-14,31-32H,5,8H2,1-2H3,(H2,27,33). The summed E-state index contributed by atoms with van der Waals surface area (Å²) in [6.45, 7) is 0. The molecule has 0 spiro atoms. The number of rotatable bonds is 8. The average Bonchev–Trinajstić information content (AvgIpc) is 3.33. The first kappa shape index (κ1) is 24.3. The van der Waals surface area contributed by atoms with Crippen LogP contribution in [0.25, 0.3) is 17.1 Å². The molecule has 4 N–H and O–H groups in total. The smallest absolute Gasteiger partial charge is 0.337 e. The van der Waals surface area contributed by atoms with Crippen molar-refractivity contribution < 1.29 is 29.3 Å². The highest BCUT2D eigenvalue weighted by Crippen LogP contribution is 2.36. The van der Waals surface area contributed by atoms with Crippen LogP contribution in [0.5, 0.6) is 17.2 Å². The fraction of sp³-hybridized carbons (Fsp3) is 0.154. The summed E-state index contributed by atoms with van der Waals surface area (Å²) in [6.07, 6.45) is 0.979. The van der Waals surface area contributed by atoms with Gasteiger partial charge in [0.25, 0.3) is 5.91 Å². The molecule has 0 aliphatic heterocycles. The van der Waals surface area contributed by atoms with Crippen LogP contribution in [0.2, 0.25) is 0 Å². The number of aromatic nitrogens is 3. The number of aryl methyl sites for hydroxylation is 2. The zero-order valence-electron chi connectivity index (χ0n) is 19.6. The molecule has 0 unspecified atom stereocenters. The van der Waals surface area contributed by atoms with Crippen LogP contribution in [0.15, 0.2) is 60.7 Å². The molecule has 4 rings (SSSR count). The van der Waals surface area contributed by atoms with Crippen LogP contribution in [-0.4, -0.2) is 51.1 Å². The number of amides is 1. The van der Waals surface area contributed by atoms with Crippen LogP contribution in [0.4, 0.5) is 0 Å². The Balaban J connectivity index is 1.69. The third-order valence-electron chi connectivity index (χ3n) is 5.71. The first-order valence-electron chi connectivity index (χ1n) is 10.9. The van der Waals surface area contributed by atoms with Crippen molar-refractivity contribution in [2.24, 2.45) is 5.73 Å². The molecule has 184 valence electrons. The van der Waals surface area contributed by atoms with Gasteiger partial charge < -0.3 is 25.4 Å². The summed E-state index contributed by atoms with van der Waals surface area (Å²) in [5.41, 5.74) is 8.25. The Morgan fingerprint density at radius 2 is 1.61 bits per heavy atom. The minimum Gasteiger partial charge on any atom is -0.508 e. The molecule has 1 heterocycles. The van der Waals surface area contributed by atoms with E-state index >= 15 is 0 Å². The molecule has 4 aromatic rings. The molecule has 0 radical (unpaired) electrons. The molecule has 0 aliphatic carbocycles. The number of carbonyl (C=O) groups is 2. The van der Waals surface area contributed by atoms with E-state index in [0.717, 1.165) is 5.56 Å². The van der Waals surface area contributed by atoms with Gasteiger partial charge in [0.1, 0.15) is 17.2 Å². The van der Waals surface area contributed by atoms with E-state index in [4.69, 9.17) is 15.2 Å². The van der Waals surface area contributed by atoms with Crippen molar-refractivity contribution in [1.29, 1.82) is 0 Å². The molecule has 10 nitrogen and oxygen atoms in total. The maximum Gasteiger partial charge on any atom is 0.337 e. The van der Waals surface area contributed by atoms with Crippen molar-refractivity contribution in [2.75, 3.05) is 14.2 Å². The average molecular weight is 489 g/mol. The first-order valence-corrected chi connectivity index (χ1v) is 10.9. The van der Waals surface area contributed by atoms with Crippen LogP contribution in [-0.2, 0) is 17.6 Å². The molecule has 0 bridgehead atoms. The second-order valence-corrected chi connectivity index (χ2v) is 7.93. The minimum atomic E-state index is -0.793. The predicted octanol–water partition coefficient (Wildman–Crippen LogP) is 3.02. The summed E-state index contributed by atoms with van der Waals surface area (Å²) in [7, 11) is 2.86. The van der Waals surface area contributed by atoms with Gasteiger partial charge in [-0.2, -0.15) is 0 Å². The highest BCUT2D eigenvalue weighted by atomic mass is 16.5. The number of aromatic hydroxyl groups is 2. The lowest BCUT2D eigenvalue weighted by molar-refractivity contribution is 0.0600. The molecule has 0 aliphatic rings. The Hall–Kier alpha value is -4.86. The summed E-state index contributed by atoms with van der Waals surface area (Å²) in [5.74, 6) is -0.865. The maximum absolute atomic E-state index is 12.1. The molecule has 3 aromatic carbocycles. The van der Waals surface area contributed by atoms with E-state index in [1.54, 1.807) is 42.5 Å². The van der Waals surface area contributed by atoms with E-state index in [1.807, 2.05) is 12.1 Å². The SMILES string of the molecule is COC(=O)c1ccc(CCc2cc(-c3nnc(C(N)=O)n3-c3ccc(OC)cc3)c(O)cc2O)cc1. The lowest BCUT2D eigenvalue weighted by atomic mass is 10.00. The summed E-state index contributed by atoms with van der Waals surface area (Å²) in [5, 5.41) is 29.1. The van der Waals surface area contributed by atoms with E-state index in [0.29, 0.717) is 35.4 Å². The lowest BCUT2D eigenvalue weighted by Gasteiger charge is -2.13. The Kier molecular flexibility index (Phi) is 6.86. The number of hydrogen-bond acceptors (Lipinski definition) is 8. The van der Waals surface area contributed by atoms with Gasteiger partial charge in [0.05, 0.1) is 25.3 Å². The number of nitrogens with zero attached hydrogens (tertiary/aromatic N) is 3. The number of phenols is 2. The van der Waals surface area contributed by atoms with E-state index in [9.17, 15) is 19.8 Å². The van der Waals surface area contributed by atoms with E-state index in [1.165, 1.54) is 24.9 Å². The quantitative estimate of drug-likeness (QED) is 0.320. The van der Waals surface area contributed by atoms with Crippen molar-refractivity contribution in [2.45, 2.75) is 12.8 Å². The molecule has 0 fully saturated rings. The molecule has 0 saturated heterocycles. The molecule has 10 heteroatoms. The number of hydrogen-bond donors (Lipinski definition) is 3. The second-order valence-electron chi connectivity index (χ2n) is 7.93. The van der Waals surface area contributed by atoms with E-state index in [2.05, 4.69) is 10.2 Å². The van der Waals surface area contributed by atoms with Gasteiger partial charge in [-0.05, 0) is 66.4 Å². The van der Waals surface area contributed by atoms with Gasteiger partial charge in [-0.15, -0.1) is 10.2 Å². The third-order valence-corrected chi connectivity index (χ3v) is 5.71. The summed E-state index contributed by atoms with van der Waals surface area (Å²) in [4.78, 5) is 23.7. The number of phenolic OH excluding ortho intramolecular Hbond substituents is 2. The van der Waals surface area contributed by atoms with Gasteiger partial charge in [-0.3, -0.25) is 9.36 Å². The number of ether oxygens (including phenoxy) is 2. The van der Waals surface area contributed by atoms with Crippen LogP contribution >= 0.6 is 0 Å². The zero-order chi connectivity index (χ0) is 25.8. The lowest BCUT2D eigenvalue weighted by Crippen LogP contribution is -2.17. The van der Waals surface area contributed by atoms with Gasteiger partial charge in [-0.1, -0.05) is 12.1 Å². The third kappa shape index (κ3) is 4.83. The highest BCUT2D eigenvalue weighted by Gasteiger charge is 2.22. The minimum absolute atomic E-state index is 0.0898. The molecular weight excluding hydrogens is 464 g/mol. The monoisotopic (exact) mass is 488 g/mol. The zero-order valence-corrected chi connectivity index (χ0v) is 19.6. The fourth-order valence-electron chi connectivity index (χ4n) is 3.80. The Morgan fingerprint density at radius 3 is 2.22 bits per heavy atom. The van der Waals surface area contributed by atoms with E-state index in [-0.39, 0.29) is 28.7 Å². The van der Waals surface area contributed by atoms with Crippen molar-refractivity contribution in [3.05, 3.63) is 83.2 Å². The Bertz CT molecular complexity index is 1410. The van der Waals surface area contributed by atoms with E-state index < -0.39 is 11.9 Å². The number of esters is 1. The van der Waals surface area contributed by atoms with Gasteiger partial charge >= 0.3 is 5.97 Å².